The van der Waals surface area contributed by atoms with Gasteiger partial charge in [-0.2, -0.15) is 4.39 Å². The van der Waals surface area contributed by atoms with Gasteiger partial charge in [0.05, 0.1) is 0 Å². The second-order valence-electron chi connectivity index (χ2n) is 2.39. The predicted octanol–water partition coefficient (Wildman–Crippen LogP) is 2.97. The van der Waals surface area contributed by atoms with E-state index in [1.165, 1.54) is 6.92 Å². The molecule has 0 spiro atoms. The fourth-order valence-electron chi connectivity index (χ4n) is 0.780. The highest BCUT2D eigenvalue weighted by Crippen LogP contribution is 2.24. The summed E-state index contributed by atoms with van der Waals surface area (Å²) in [5.74, 6) is -7.70. The number of rotatable bonds is 1. The van der Waals surface area contributed by atoms with Crippen molar-refractivity contribution in [1.82, 2.24) is 0 Å². The Morgan fingerprint density at radius 3 is 2.21 bits per heavy atom. The van der Waals surface area contributed by atoms with E-state index in [4.69, 9.17) is 0 Å². The molecule has 14 heavy (non-hydrogen) atoms. The van der Waals surface area contributed by atoms with Crippen LogP contribution in [0.4, 0.5) is 17.6 Å². The largest absolute Gasteiger partial charge is 0.447 e. The first-order valence-corrected chi connectivity index (χ1v) is 3.85. The van der Waals surface area contributed by atoms with Gasteiger partial charge < -0.3 is 4.74 Å². The van der Waals surface area contributed by atoms with E-state index in [1.807, 2.05) is 0 Å². The standard InChI is InChI=1S/C8H4F4OS/c1-3(14)13-5-2-4(9)6(10)8(12)7(5)11/h2H,1H3. The summed E-state index contributed by atoms with van der Waals surface area (Å²) in [6.07, 6.45) is 0. The van der Waals surface area contributed by atoms with E-state index in [1.54, 1.807) is 0 Å². The van der Waals surface area contributed by atoms with Gasteiger partial charge in [0.1, 0.15) is 0 Å². The Bertz CT molecular complexity index is 391. The average Bonchev–Trinajstić information content (AvgIpc) is 2.10. The van der Waals surface area contributed by atoms with Crippen LogP contribution in [0.2, 0.25) is 0 Å². The van der Waals surface area contributed by atoms with Crippen molar-refractivity contribution in [2.75, 3.05) is 0 Å². The maximum absolute atomic E-state index is 12.8. The lowest BCUT2D eigenvalue weighted by Gasteiger charge is -2.05. The van der Waals surface area contributed by atoms with Crippen LogP contribution >= 0.6 is 12.2 Å². The quantitative estimate of drug-likeness (QED) is 0.314. The van der Waals surface area contributed by atoms with Crippen molar-refractivity contribution in [3.05, 3.63) is 29.3 Å². The number of hydrogen-bond acceptors (Lipinski definition) is 2. The van der Waals surface area contributed by atoms with Crippen LogP contribution in [0.1, 0.15) is 6.92 Å². The molecule has 0 atom stereocenters. The van der Waals surface area contributed by atoms with Crippen molar-refractivity contribution < 1.29 is 22.3 Å². The SMILES string of the molecule is CC(=S)Oc1cc(F)c(F)c(F)c1F. The van der Waals surface area contributed by atoms with Gasteiger partial charge >= 0.3 is 0 Å². The molecule has 0 unspecified atom stereocenters. The van der Waals surface area contributed by atoms with E-state index in [9.17, 15) is 17.6 Å². The van der Waals surface area contributed by atoms with Gasteiger partial charge in [-0.1, -0.05) is 0 Å². The van der Waals surface area contributed by atoms with E-state index < -0.39 is 29.0 Å². The molecule has 6 heteroatoms. The van der Waals surface area contributed by atoms with Crippen molar-refractivity contribution in [3.8, 4) is 5.75 Å². The molecule has 0 saturated heterocycles. The smallest absolute Gasteiger partial charge is 0.204 e. The minimum Gasteiger partial charge on any atom is -0.447 e. The Hall–Kier alpha value is -1.17. The summed E-state index contributed by atoms with van der Waals surface area (Å²) in [4.78, 5) is 0. The van der Waals surface area contributed by atoms with Crippen molar-refractivity contribution >= 4 is 17.3 Å². The molecule has 0 saturated carbocycles. The van der Waals surface area contributed by atoms with Crippen molar-refractivity contribution in [2.24, 2.45) is 0 Å². The Kier molecular flexibility index (Phi) is 3.05. The molecule has 0 fully saturated rings. The van der Waals surface area contributed by atoms with Gasteiger partial charge in [0, 0.05) is 13.0 Å². The summed E-state index contributed by atoms with van der Waals surface area (Å²) < 4.78 is 54.9. The lowest BCUT2D eigenvalue weighted by atomic mass is 10.3. The first-order chi connectivity index (χ1) is 6.43. The molecule has 0 bridgehead atoms. The minimum atomic E-state index is -1.92. The highest BCUT2D eigenvalue weighted by atomic mass is 32.1. The average molecular weight is 224 g/mol. The summed E-state index contributed by atoms with van der Waals surface area (Å²) >= 11 is 4.43. The summed E-state index contributed by atoms with van der Waals surface area (Å²) in [6, 6.07) is 0.392. The fraction of sp³-hybridized carbons (Fsp3) is 0.125. The molecule has 76 valence electrons. The number of benzene rings is 1. The Labute approximate surface area is 82.3 Å². The third-order valence-corrected chi connectivity index (χ3v) is 1.41. The Morgan fingerprint density at radius 2 is 1.71 bits per heavy atom. The third kappa shape index (κ3) is 2.01. The summed E-state index contributed by atoms with van der Waals surface area (Å²) in [5, 5.41) is -0.130. The summed E-state index contributed by atoms with van der Waals surface area (Å²) in [5.41, 5.74) is 0. The predicted molar refractivity (Wildman–Crippen MR) is 45.2 cm³/mol. The molecule has 1 aromatic rings. The highest BCUT2D eigenvalue weighted by molar-refractivity contribution is 7.80. The zero-order valence-electron chi connectivity index (χ0n) is 6.91. The molecule has 0 aliphatic rings. The summed E-state index contributed by atoms with van der Waals surface area (Å²) in [7, 11) is 0. The summed E-state index contributed by atoms with van der Waals surface area (Å²) in [6.45, 7) is 1.29. The number of halogens is 4. The molecular weight excluding hydrogens is 220 g/mol. The van der Waals surface area contributed by atoms with Crippen LogP contribution < -0.4 is 4.74 Å². The van der Waals surface area contributed by atoms with E-state index in [0.717, 1.165) is 0 Å². The number of ether oxygens (including phenoxy) is 1. The molecule has 0 aliphatic heterocycles. The lowest BCUT2D eigenvalue weighted by molar-refractivity contribution is 0.385. The fourth-order valence-corrected chi connectivity index (χ4v) is 0.870. The topological polar surface area (TPSA) is 9.23 Å². The van der Waals surface area contributed by atoms with Crippen molar-refractivity contribution in [2.45, 2.75) is 6.92 Å². The van der Waals surface area contributed by atoms with Crippen molar-refractivity contribution in [1.29, 1.82) is 0 Å². The van der Waals surface area contributed by atoms with E-state index >= 15 is 0 Å². The van der Waals surface area contributed by atoms with Crippen LogP contribution in [-0.4, -0.2) is 5.05 Å². The van der Waals surface area contributed by atoms with E-state index in [0.29, 0.717) is 6.07 Å². The molecule has 0 radical (unpaired) electrons. The first kappa shape index (κ1) is 10.9. The maximum Gasteiger partial charge on any atom is 0.204 e. The van der Waals surface area contributed by atoms with Crippen LogP contribution in [0.25, 0.3) is 0 Å². The zero-order valence-corrected chi connectivity index (χ0v) is 7.72. The lowest BCUT2D eigenvalue weighted by Crippen LogP contribution is -2.05. The zero-order chi connectivity index (χ0) is 10.9. The molecule has 1 nitrogen and oxygen atoms in total. The monoisotopic (exact) mass is 224 g/mol. The van der Waals surface area contributed by atoms with Crippen LogP contribution in [0.5, 0.6) is 5.75 Å². The molecule has 0 N–H and O–H groups in total. The molecule has 0 aromatic heterocycles. The second-order valence-corrected chi connectivity index (χ2v) is 2.97. The van der Waals surface area contributed by atoms with Gasteiger partial charge in [0.2, 0.25) is 11.6 Å². The molecule has 0 heterocycles. The van der Waals surface area contributed by atoms with Crippen LogP contribution in [-0.2, 0) is 0 Å². The van der Waals surface area contributed by atoms with Gasteiger partial charge in [0.15, 0.2) is 22.4 Å². The van der Waals surface area contributed by atoms with Crippen LogP contribution in [0.15, 0.2) is 6.07 Å². The van der Waals surface area contributed by atoms with Gasteiger partial charge in [-0.05, 0) is 12.2 Å². The molecule has 1 aromatic carbocycles. The molecule has 0 aliphatic carbocycles. The molecule has 1 rings (SSSR count). The van der Waals surface area contributed by atoms with Gasteiger partial charge in [-0.3, -0.25) is 0 Å². The highest BCUT2D eigenvalue weighted by Gasteiger charge is 2.20. The van der Waals surface area contributed by atoms with Crippen LogP contribution in [0.3, 0.4) is 0 Å². The number of hydrogen-bond donors (Lipinski definition) is 0. The second kappa shape index (κ2) is 3.91. The Balaban J connectivity index is 3.25. The van der Waals surface area contributed by atoms with Gasteiger partial charge in [0.25, 0.3) is 0 Å². The number of thiocarbonyl (C=S) groups is 1. The third-order valence-electron chi connectivity index (χ3n) is 1.32. The minimum absolute atomic E-state index is 0.130. The van der Waals surface area contributed by atoms with E-state index in [2.05, 4.69) is 17.0 Å². The van der Waals surface area contributed by atoms with Crippen LogP contribution in [0, 0.1) is 23.3 Å². The normalized spacial score (nSPS) is 10.1. The molecular formula is C8H4F4OS. The maximum atomic E-state index is 12.8. The Morgan fingerprint density at radius 1 is 1.14 bits per heavy atom. The van der Waals surface area contributed by atoms with Gasteiger partial charge in [-0.25, -0.2) is 13.2 Å². The first-order valence-electron chi connectivity index (χ1n) is 3.45. The molecule has 0 amide bonds. The van der Waals surface area contributed by atoms with E-state index in [-0.39, 0.29) is 5.05 Å². The van der Waals surface area contributed by atoms with Crippen molar-refractivity contribution in [3.63, 3.8) is 0 Å². The van der Waals surface area contributed by atoms with Gasteiger partial charge in [-0.15, -0.1) is 0 Å².